The standard InChI is InChI=1S/C33H48O5/c1-32-17-15-24(34)20-23(32)21-26(31-27-13-14-29(35)33(27,2)18-16-28(31)32)22-9-11-25(12-10-22)38-19-7-5-3-4-6-8-30(36)37/h9-12,23,26-29,31,35H,3-8,13-21H2,1-2H3,(H,36,37)/t23-,26+,27+,28+,29+,31+,32+,33+/m1/s1. The summed E-state index contributed by atoms with van der Waals surface area (Å²) in [4.78, 5) is 23.1. The molecule has 0 spiro atoms. The van der Waals surface area contributed by atoms with Crippen molar-refractivity contribution in [1.29, 1.82) is 0 Å². The van der Waals surface area contributed by atoms with E-state index in [1.54, 1.807) is 0 Å². The molecule has 0 radical (unpaired) electrons. The number of aliphatic hydroxyl groups is 1. The lowest BCUT2D eigenvalue weighted by atomic mass is 9.42. The first-order chi connectivity index (χ1) is 18.2. The number of unbranched alkanes of at least 4 members (excludes halogenated alkanes) is 4. The maximum Gasteiger partial charge on any atom is 0.303 e. The molecule has 1 aromatic carbocycles. The van der Waals surface area contributed by atoms with Gasteiger partial charge in [-0.3, -0.25) is 9.59 Å². The van der Waals surface area contributed by atoms with E-state index in [4.69, 9.17) is 9.84 Å². The SMILES string of the molecule is C[C@]12CCC(=O)C[C@@H]1C[C@@H](c1ccc(OCCCCCCCC(=O)O)cc1)[C@@H]1[C@@H]2CC[C@]2(C)[C@@H](O)CC[C@@H]12. The van der Waals surface area contributed by atoms with Crippen molar-refractivity contribution in [3.63, 3.8) is 0 Å². The van der Waals surface area contributed by atoms with Crippen LogP contribution in [0.15, 0.2) is 24.3 Å². The third kappa shape index (κ3) is 5.29. The molecule has 1 aromatic rings. The smallest absolute Gasteiger partial charge is 0.303 e. The molecule has 4 aliphatic rings. The minimum Gasteiger partial charge on any atom is -0.494 e. The van der Waals surface area contributed by atoms with E-state index in [-0.39, 0.29) is 23.4 Å². The van der Waals surface area contributed by atoms with E-state index in [9.17, 15) is 14.7 Å². The highest BCUT2D eigenvalue weighted by molar-refractivity contribution is 5.79. The molecule has 0 heterocycles. The highest BCUT2D eigenvalue weighted by Gasteiger charge is 2.62. The summed E-state index contributed by atoms with van der Waals surface area (Å²) < 4.78 is 6.04. The molecule has 2 N–H and O–H groups in total. The van der Waals surface area contributed by atoms with Gasteiger partial charge >= 0.3 is 5.97 Å². The Morgan fingerprint density at radius 3 is 2.42 bits per heavy atom. The number of carbonyl (C=O) groups excluding carboxylic acids is 1. The minimum absolute atomic E-state index is 0.0315. The van der Waals surface area contributed by atoms with Gasteiger partial charge < -0.3 is 14.9 Å². The second-order valence-corrected chi connectivity index (χ2v) is 13.5. The zero-order valence-electron chi connectivity index (χ0n) is 23.5. The number of carbonyl (C=O) groups is 2. The number of carboxylic acids is 1. The third-order valence-corrected chi connectivity index (χ3v) is 11.6. The van der Waals surface area contributed by atoms with Crippen molar-refractivity contribution in [1.82, 2.24) is 0 Å². The third-order valence-electron chi connectivity index (χ3n) is 11.6. The predicted molar refractivity (Wildman–Crippen MR) is 148 cm³/mol. The van der Waals surface area contributed by atoms with Crippen LogP contribution in [0.4, 0.5) is 0 Å². The van der Waals surface area contributed by atoms with Crippen LogP contribution in [0, 0.1) is 34.5 Å². The maximum atomic E-state index is 12.5. The second-order valence-electron chi connectivity index (χ2n) is 13.5. The van der Waals surface area contributed by atoms with Gasteiger partial charge in [-0.05, 0) is 109 Å². The molecule has 8 atom stereocenters. The van der Waals surface area contributed by atoms with Crippen LogP contribution in [0.5, 0.6) is 5.75 Å². The molecule has 0 saturated heterocycles. The van der Waals surface area contributed by atoms with Gasteiger partial charge in [0, 0.05) is 19.3 Å². The Morgan fingerprint density at radius 2 is 1.66 bits per heavy atom. The zero-order valence-corrected chi connectivity index (χ0v) is 23.5. The number of hydrogen-bond donors (Lipinski definition) is 2. The van der Waals surface area contributed by atoms with Crippen molar-refractivity contribution in [2.75, 3.05) is 6.61 Å². The Labute approximate surface area is 228 Å². The largest absolute Gasteiger partial charge is 0.494 e. The van der Waals surface area contributed by atoms with Gasteiger partial charge in [-0.2, -0.15) is 0 Å². The first-order valence-electron chi connectivity index (χ1n) is 15.4. The van der Waals surface area contributed by atoms with Crippen LogP contribution >= 0.6 is 0 Å². The number of benzene rings is 1. The summed E-state index contributed by atoms with van der Waals surface area (Å²) in [7, 11) is 0. The summed E-state index contributed by atoms with van der Waals surface area (Å²) in [5, 5.41) is 19.7. The Hall–Kier alpha value is -1.88. The topological polar surface area (TPSA) is 83.8 Å². The monoisotopic (exact) mass is 524 g/mol. The van der Waals surface area contributed by atoms with Gasteiger partial charge in [0.1, 0.15) is 11.5 Å². The van der Waals surface area contributed by atoms with Gasteiger partial charge in [-0.1, -0.05) is 45.2 Å². The van der Waals surface area contributed by atoms with Gasteiger partial charge in [0.25, 0.3) is 0 Å². The number of ether oxygens (including phenoxy) is 1. The van der Waals surface area contributed by atoms with Crippen LogP contribution in [0.2, 0.25) is 0 Å². The van der Waals surface area contributed by atoms with Gasteiger partial charge in [-0.15, -0.1) is 0 Å². The van der Waals surface area contributed by atoms with Gasteiger partial charge in [0.15, 0.2) is 0 Å². The Kier molecular flexibility index (Phi) is 8.24. The normalized spacial score (nSPS) is 38.2. The average Bonchev–Trinajstić information content (AvgIpc) is 3.20. The molecule has 0 aliphatic heterocycles. The molecule has 0 bridgehead atoms. The quantitative estimate of drug-likeness (QED) is 0.317. The molecule has 5 rings (SSSR count). The van der Waals surface area contributed by atoms with Crippen LogP contribution in [0.1, 0.15) is 115 Å². The lowest BCUT2D eigenvalue weighted by molar-refractivity contribution is -0.146. The Balaban J connectivity index is 1.26. The van der Waals surface area contributed by atoms with E-state index in [1.165, 1.54) is 12.0 Å². The van der Waals surface area contributed by atoms with Crippen LogP contribution in [-0.2, 0) is 9.59 Å². The van der Waals surface area contributed by atoms with Crippen molar-refractivity contribution in [2.24, 2.45) is 34.5 Å². The summed E-state index contributed by atoms with van der Waals surface area (Å²) in [6, 6.07) is 8.80. The van der Waals surface area contributed by atoms with Crippen molar-refractivity contribution in [3.8, 4) is 5.75 Å². The van der Waals surface area contributed by atoms with Crippen molar-refractivity contribution in [2.45, 2.75) is 116 Å². The number of fused-ring (bicyclic) bond motifs is 5. The van der Waals surface area contributed by atoms with Gasteiger partial charge in [0.05, 0.1) is 12.7 Å². The molecule has 4 fully saturated rings. The average molecular weight is 525 g/mol. The minimum atomic E-state index is -0.708. The Morgan fingerprint density at radius 1 is 0.947 bits per heavy atom. The number of aliphatic carboxylic acids is 1. The molecule has 0 unspecified atom stereocenters. The van der Waals surface area contributed by atoms with E-state index in [0.29, 0.717) is 42.0 Å². The maximum absolute atomic E-state index is 12.5. The summed E-state index contributed by atoms with van der Waals surface area (Å²) >= 11 is 0. The fourth-order valence-electron chi connectivity index (χ4n) is 9.29. The van der Waals surface area contributed by atoms with Crippen LogP contribution in [0.25, 0.3) is 0 Å². The van der Waals surface area contributed by atoms with Gasteiger partial charge in [0.2, 0.25) is 0 Å². The van der Waals surface area contributed by atoms with Crippen molar-refractivity contribution < 1.29 is 24.5 Å². The molecule has 0 aromatic heterocycles. The first kappa shape index (κ1) is 27.7. The molecule has 5 nitrogen and oxygen atoms in total. The zero-order chi connectivity index (χ0) is 26.9. The van der Waals surface area contributed by atoms with Crippen molar-refractivity contribution in [3.05, 3.63) is 29.8 Å². The molecular formula is C33H48O5. The molecule has 4 saturated carbocycles. The van der Waals surface area contributed by atoms with Crippen LogP contribution < -0.4 is 4.74 Å². The number of ketones is 1. The second kappa shape index (κ2) is 11.3. The van der Waals surface area contributed by atoms with Crippen LogP contribution in [-0.4, -0.2) is 34.7 Å². The highest BCUT2D eigenvalue weighted by atomic mass is 16.5. The number of aliphatic hydroxyl groups excluding tert-OH is 1. The van der Waals surface area contributed by atoms with Crippen molar-refractivity contribution >= 4 is 11.8 Å². The lowest BCUT2D eigenvalue weighted by Gasteiger charge is -2.62. The number of carboxylic acid groups (broad SMARTS) is 1. The lowest BCUT2D eigenvalue weighted by Crippen LogP contribution is -2.56. The van der Waals surface area contributed by atoms with E-state index in [2.05, 4.69) is 38.1 Å². The Bertz CT molecular complexity index is 988. The first-order valence-corrected chi connectivity index (χ1v) is 15.4. The molecule has 0 amide bonds. The number of hydrogen-bond acceptors (Lipinski definition) is 4. The van der Waals surface area contributed by atoms with E-state index >= 15 is 0 Å². The molecule has 210 valence electrons. The fourth-order valence-corrected chi connectivity index (χ4v) is 9.29. The molecule has 5 heteroatoms. The highest BCUT2D eigenvalue weighted by Crippen LogP contribution is 2.68. The van der Waals surface area contributed by atoms with E-state index in [1.807, 2.05) is 0 Å². The predicted octanol–water partition coefficient (Wildman–Crippen LogP) is 7.16. The molecular weight excluding hydrogens is 476 g/mol. The summed E-state index contributed by atoms with van der Waals surface area (Å²) in [5.41, 5.74) is 1.67. The number of Topliss-reactive ketones (excluding diaryl/α,β-unsaturated/α-hetero) is 1. The summed E-state index contributed by atoms with van der Waals surface area (Å²) in [6.45, 7) is 5.53. The number of rotatable bonds is 10. The fraction of sp³-hybridized carbons (Fsp3) is 0.758. The van der Waals surface area contributed by atoms with E-state index in [0.717, 1.165) is 82.8 Å². The summed E-state index contributed by atoms with van der Waals surface area (Å²) in [6.07, 6.45) is 12.9. The molecule has 38 heavy (non-hydrogen) atoms. The van der Waals surface area contributed by atoms with Gasteiger partial charge in [-0.25, -0.2) is 0 Å². The molecule has 4 aliphatic carbocycles. The van der Waals surface area contributed by atoms with E-state index < -0.39 is 5.97 Å². The summed E-state index contributed by atoms with van der Waals surface area (Å²) in [5.74, 6) is 3.34. The van der Waals surface area contributed by atoms with Crippen LogP contribution in [0.3, 0.4) is 0 Å².